The molecule has 2 aromatic carbocycles. The van der Waals surface area contributed by atoms with Crippen molar-refractivity contribution in [3.05, 3.63) is 68.3 Å². The number of nitrogens with zero attached hydrogens (tertiary/aromatic N) is 1. The highest BCUT2D eigenvalue weighted by molar-refractivity contribution is 5.54. The summed E-state index contributed by atoms with van der Waals surface area (Å²) < 4.78 is 6.30. The van der Waals surface area contributed by atoms with Crippen molar-refractivity contribution in [2.75, 3.05) is 0 Å². The summed E-state index contributed by atoms with van der Waals surface area (Å²) in [5.41, 5.74) is 5.47. The van der Waals surface area contributed by atoms with Gasteiger partial charge in [-0.3, -0.25) is 10.1 Å². The van der Waals surface area contributed by atoms with Crippen LogP contribution in [0.1, 0.15) is 34.7 Å². The summed E-state index contributed by atoms with van der Waals surface area (Å²) in [5, 5.41) is 10.8. The van der Waals surface area contributed by atoms with Crippen molar-refractivity contribution >= 4 is 5.69 Å². The molecule has 4 heteroatoms. The number of hydrogen-bond donors (Lipinski definition) is 0. The summed E-state index contributed by atoms with van der Waals surface area (Å²) in [6, 6.07) is 8.86. The Labute approximate surface area is 129 Å². The number of nitro groups is 1. The zero-order chi connectivity index (χ0) is 16.1. The molecule has 0 radical (unpaired) electrons. The van der Waals surface area contributed by atoms with E-state index >= 15 is 0 Å². The van der Waals surface area contributed by atoms with Crippen LogP contribution >= 0.6 is 0 Å². The minimum atomic E-state index is -0.471. The molecule has 2 aromatic rings. The number of rotatable bonds is 2. The quantitative estimate of drug-likeness (QED) is 0.611. The van der Waals surface area contributed by atoms with Crippen molar-refractivity contribution in [1.29, 1.82) is 0 Å². The molecule has 114 valence electrons. The second-order valence-corrected chi connectivity index (χ2v) is 6.26. The SMILES string of the molecule is Cc1cc(C)c2c(c1C)OC(C)(c1ccc([N+](=O)[O-])cc1)C2. The van der Waals surface area contributed by atoms with Crippen LogP contribution in [0.4, 0.5) is 5.69 Å². The van der Waals surface area contributed by atoms with E-state index in [4.69, 9.17) is 4.74 Å². The van der Waals surface area contributed by atoms with Crippen LogP contribution in [0.2, 0.25) is 0 Å². The maximum Gasteiger partial charge on any atom is 0.269 e. The molecular formula is C18H19NO3. The normalized spacial score (nSPS) is 19.6. The highest BCUT2D eigenvalue weighted by atomic mass is 16.6. The lowest BCUT2D eigenvalue weighted by molar-refractivity contribution is -0.384. The first-order chi connectivity index (χ1) is 10.3. The Balaban J connectivity index is 2.01. The van der Waals surface area contributed by atoms with Crippen LogP contribution in [0, 0.1) is 30.9 Å². The molecule has 0 N–H and O–H groups in total. The summed E-state index contributed by atoms with van der Waals surface area (Å²) in [7, 11) is 0. The van der Waals surface area contributed by atoms with Crippen LogP contribution in [-0.2, 0) is 12.0 Å². The van der Waals surface area contributed by atoms with E-state index < -0.39 is 5.60 Å². The van der Waals surface area contributed by atoms with Crippen molar-refractivity contribution in [3.8, 4) is 5.75 Å². The molecule has 1 heterocycles. The average Bonchev–Trinajstić information content (AvgIpc) is 2.85. The van der Waals surface area contributed by atoms with Gasteiger partial charge in [-0.25, -0.2) is 0 Å². The zero-order valence-corrected chi connectivity index (χ0v) is 13.3. The number of ether oxygens (including phenoxy) is 1. The Morgan fingerprint density at radius 1 is 1.14 bits per heavy atom. The average molecular weight is 297 g/mol. The largest absolute Gasteiger partial charge is 0.482 e. The van der Waals surface area contributed by atoms with Gasteiger partial charge in [0.25, 0.3) is 5.69 Å². The molecule has 0 amide bonds. The fraction of sp³-hybridized carbons (Fsp3) is 0.333. The van der Waals surface area contributed by atoms with Crippen LogP contribution < -0.4 is 4.74 Å². The smallest absolute Gasteiger partial charge is 0.269 e. The second-order valence-electron chi connectivity index (χ2n) is 6.26. The second kappa shape index (κ2) is 4.83. The summed E-state index contributed by atoms with van der Waals surface area (Å²) >= 11 is 0. The van der Waals surface area contributed by atoms with E-state index in [1.54, 1.807) is 12.1 Å². The topological polar surface area (TPSA) is 52.4 Å². The third kappa shape index (κ3) is 2.15. The zero-order valence-electron chi connectivity index (χ0n) is 13.3. The first-order valence-electron chi connectivity index (χ1n) is 7.35. The summed E-state index contributed by atoms with van der Waals surface area (Å²) in [6.07, 6.45) is 0.785. The van der Waals surface area contributed by atoms with Crippen molar-refractivity contribution < 1.29 is 9.66 Å². The molecule has 0 spiro atoms. The first-order valence-corrected chi connectivity index (χ1v) is 7.35. The predicted molar refractivity (Wildman–Crippen MR) is 85.4 cm³/mol. The van der Waals surface area contributed by atoms with Gasteiger partial charge in [0, 0.05) is 24.1 Å². The first kappa shape index (κ1) is 14.6. The Morgan fingerprint density at radius 2 is 1.77 bits per heavy atom. The number of nitro benzene ring substituents is 1. The lowest BCUT2D eigenvalue weighted by Crippen LogP contribution is -2.27. The van der Waals surface area contributed by atoms with Gasteiger partial charge in [0.05, 0.1) is 4.92 Å². The summed E-state index contributed by atoms with van der Waals surface area (Å²) in [5.74, 6) is 0.971. The van der Waals surface area contributed by atoms with E-state index in [0.717, 1.165) is 17.7 Å². The minimum absolute atomic E-state index is 0.103. The monoisotopic (exact) mass is 297 g/mol. The summed E-state index contributed by atoms with van der Waals surface area (Å²) in [4.78, 5) is 10.4. The van der Waals surface area contributed by atoms with Crippen molar-refractivity contribution in [2.24, 2.45) is 0 Å². The molecule has 1 atom stereocenters. The fourth-order valence-electron chi connectivity index (χ4n) is 3.16. The van der Waals surface area contributed by atoms with Crippen molar-refractivity contribution in [3.63, 3.8) is 0 Å². The molecule has 3 rings (SSSR count). The number of hydrogen-bond acceptors (Lipinski definition) is 3. The molecule has 4 nitrogen and oxygen atoms in total. The van der Waals surface area contributed by atoms with Gasteiger partial charge in [0.15, 0.2) is 0 Å². The van der Waals surface area contributed by atoms with Crippen LogP contribution in [0.3, 0.4) is 0 Å². The fourth-order valence-corrected chi connectivity index (χ4v) is 3.16. The highest BCUT2D eigenvalue weighted by Gasteiger charge is 2.38. The Kier molecular flexibility index (Phi) is 3.20. The molecule has 0 bridgehead atoms. The molecule has 1 aliphatic rings. The lowest BCUT2D eigenvalue weighted by Gasteiger charge is -2.24. The standard InChI is InChI=1S/C18H19NO3/c1-11-9-12(2)16-10-18(4,22-17(16)13(11)3)14-5-7-15(8-6-14)19(20)21/h5-9H,10H2,1-4H3. The predicted octanol–water partition coefficient (Wildman–Crippen LogP) is 4.37. The highest BCUT2D eigenvalue weighted by Crippen LogP contribution is 2.45. The number of fused-ring (bicyclic) bond motifs is 1. The van der Waals surface area contributed by atoms with Crippen molar-refractivity contribution in [2.45, 2.75) is 39.7 Å². The van der Waals surface area contributed by atoms with E-state index in [1.807, 2.05) is 6.92 Å². The van der Waals surface area contributed by atoms with Gasteiger partial charge in [0.1, 0.15) is 11.4 Å². The van der Waals surface area contributed by atoms with E-state index in [-0.39, 0.29) is 10.6 Å². The third-order valence-electron chi connectivity index (χ3n) is 4.65. The molecular weight excluding hydrogens is 278 g/mol. The third-order valence-corrected chi connectivity index (χ3v) is 4.65. The molecule has 0 aliphatic carbocycles. The summed E-state index contributed by atoms with van der Waals surface area (Å²) in [6.45, 7) is 8.32. The van der Waals surface area contributed by atoms with Gasteiger partial charge < -0.3 is 4.74 Å². The Bertz CT molecular complexity index is 765. The van der Waals surface area contributed by atoms with Crippen molar-refractivity contribution in [1.82, 2.24) is 0 Å². The van der Waals surface area contributed by atoms with Gasteiger partial charge in [-0.15, -0.1) is 0 Å². The number of benzene rings is 2. The van der Waals surface area contributed by atoms with Gasteiger partial charge in [0.2, 0.25) is 0 Å². The van der Waals surface area contributed by atoms with Crippen LogP contribution in [0.25, 0.3) is 0 Å². The van der Waals surface area contributed by atoms with Gasteiger partial charge in [-0.05, 0) is 62.1 Å². The van der Waals surface area contributed by atoms with Crippen LogP contribution in [-0.4, -0.2) is 4.92 Å². The molecule has 1 unspecified atom stereocenters. The molecule has 22 heavy (non-hydrogen) atoms. The van der Waals surface area contributed by atoms with Crippen LogP contribution in [0.5, 0.6) is 5.75 Å². The van der Waals surface area contributed by atoms with E-state index in [9.17, 15) is 10.1 Å². The molecule has 0 fully saturated rings. The van der Waals surface area contributed by atoms with Gasteiger partial charge in [-0.2, -0.15) is 0 Å². The maximum atomic E-state index is 10.8. The Hall–Kier alpha value is -2.36. The van der Waals surface area contributed by atoms with Gasteiger partial charge >= 0.3 is 0 Å². The van der Waals surface area contributed by atoms with E-state index in [2.05, 4.69) is 26.8 Å². The number of non-ortho nitro benzene ring substituents is 1. The maximum absolute atomic E-state index is 10.8. The molecule has 0 saturated carbocycles. The van der Waals surface area contributed by atoms with E-state index in [1.165, 1.54) is 34.4 Å². The van der Waals surface area contributed by atoms with Gasteiger partial charge in [-0.1, -0.05) is 6.07 Å². The molecule has 0 aromatic heterocycles. The minimum Gasteiger partial charge on any atom is -0.482 e. The molecule has 1 aliphatic heterocycles. The lowest BCUT2D eigenvalue weighted by atomic mass is 9.88. The number of aryl methyl sites for hydroxylation is 2. The molecule has 0 saturated heterocycles. The van der Waals surface area contributed by atoms with Crippen LogP contribution in [0.15, 0.2) is 30.3 Å². The van der Waals surface area contributed by atoms with E-state index in [0.29, 0.717) is 0 Å². The Morgan fingerprint density at radius 3 is 2.36 bits per heavy atom.